The van der Waals surface area contributed by atoms with E-state index in [0.717, 1.165) is 5.56 Å². The second-order valence-electron chi connectivity index (χ2n) is 3.03. The first-order valence-electron chi connectivity index (χ1n) is 4.15. The van der Waals surface area contributed by atoms with Crippen LogP contribution >= 0.6 is 0 Å². The van der Waals surface area contributed by atoms with E-state index in [2.05, 4.69) is 0 Å². The quantitative estimate of drug-likeness (QED) is 0.615. The van der Waals surface area contributed by atoms with Gasteiger partial charge in [0.15, 0.2) is 0 Å². The van der Waals surface area contributed by atoms with Crippen LogP contribution in [0.3, 0.4) is 0 Å². The van der Waals surface area contributed by atoms with Crippen LogP contribution in [0.1, 0.15) is 11.1 Å². The Morgan fingerprint density at radius 2 is 2.15 bits per heavy atom. The van der Waals surface area contributed by atoms with Gasteiger partial charge in [0.05, 0.1) is 5.75 Å². The smallest absolute Gasteiger partial charge is 0.123 e. The van der Waals surface area contributed by atoms with Gasteiger partial charge in [-0.2, -0.15) is 0 Å². The first-order valence-corrected chi connectivity index (χ1v) is 5.42. The largest absolute Gasteiger partial charge is 0.302 e. The lowest BCUT2D eigenvalue weighted by molar-refractivity contribution is 0.630. The van der Waals surface area contributed by atoms with Crippen molar-refractivity contribution in [3.8, 4) is 0 Å². The Morgan fingerprint density at radius 3 is 3.00 bits per heavy atom. The summed E-state index contributed by atoms with van der Waals surface area (Å²) in [6.45, 7) is 0. The van der Waals surface area contributed by atoms with E-state index in [4.69, 9.17) is 0 Å². The minimum Gasteiger partial charge on any atom is -0.302 e. The molecule has 1 aliphatic rings. The zero-order valence-corrected chi connectivity index (χ0v) is 8.25. The summed E-state index contributed by atoms with van der Waals surface area (Å²) in [5, 5.41) is 0. The first-order chi connectivity index (χ1) is 6.27. The van der Waals surface area contributed by atoms with Crippen molar-refractivity contribution in [2.75, 3.05) is 7.05 Å². The standard InChI is InChI=1S/C10H11NOS/c1-11-7-6-9-4-2-3-5-10(9)8-13(11)12/h2-7H,8H2,1H3. The van der Waals surface area contributed by atoms with E-state index < -0.39 is 11.0 Å². The monoisotopic (exact) mass is 193 g/mol. The molecule has 1 atom stereocenters. The number of nitrogens with zero attached hydrogens (tertiary/aromatic N) is 1. The summed E-state index contributed by atoms with van der Waals surface area (Å²) in [4.78, 5) is 0. The summed E-state index contributed by atoms with van der Waals surface area (Å²) < 4.78 is 13.3. The fraction of sp³-hybridized carbons (Fsp3) is 0.200. The molecule has 0 N–H and O–H groups in total. The van der Waals surface area contributed by atoms with Gasteiger partial charge in [-0.05, 0) is 17.2 Å². The molecule has 0 bridgehead atoms. The normalized spacial score (nSPS) is 21.0. The topological polar surface area (TPSA) is 20.3 Å². The zero-order chi connectivity index (χ0) is 9.26. The minimum absolute atomic E-state index is 0.611. The summed E-state index contributed by atoms with van der Waals surface area (Å²) in [6, 6.07) is 8.05. The van der Waals surface area contributed by atoms with E-state index >= 15 is 0 Å². The molecule has 2 nitrogen and oxygen atoms in total. The maximum atomic E-state index is 11.6. The average molecular weight is 193 g/mol. The summed E-state index contributed by atoms with van der Waals surface area (Å²) >= 11 is 0. The number of rotatable bonds is 0. The highest BCUT2D eigenvalue weighted by atomic mass is 32.2. The van der Waals surface area contributed by atoms with Crippen molar-refractivity contribution in [1.29, 1.82) is 0 Å². The zero-order valence-electron chi connectivity index (χ0n) is 7.43. The highest BCUT2D eigenvalue weighted by molar-refractivity contribution is 7.81. The summed E-state index contributed by atoms with van der Waals surface area (Å²) in [7, 11) is 0.915. The summed E-state index contributed by atoms with van der Waals surface area (Å²) in [6.07, 6.45) is 3.86. The lowest BCUT2D eigenvalue weighted by Crippen LogP contribution is -2.14. The fourth-order valence-corrected chi connectivity index (χ4v) is 2.25. The van der Waals surface area contributed by atoms with Crippen molar-refractivity contribution in [3.63, 3.8) is 0 Å². The molecule has 0 saturated heterocycles. The molecule has 0 fully saturated rings. The third-order valence-electron chi connectivity index (χ3n) is 2.12. The Hall–Kier alpha value is -1.09. The molecule has 0 spiro atoms. The Balaban J connectivity index is 2.46. The van der Waals surface area contributed by atoms with Crippen LogP contribution in [-0.2, 0) is 16.7 Å². The van der Waals surface area contributed by atoms with Crippen molar-refractivity contribution in [2.45, 2.75) is 5.75 Å². The van der Waals surface area contributed by atoms with Gasteiger partial charge < -0.3 is 4.31 Å². The molecule has 1 aromatic carbocycles. The molecule has 0 saturated carbocycles. The molecule has 1 aromatic rings. The van der Waals surface area contributed by atoms with Crippen molar-refractivity contribution >= 4 is 17.1 Å². The minimum atomic E-state index is -0.917. The molecule has 0 amide bonds. The lowest BCUT2D eigenvalue weighted by Gasteiger charge is -2.09. The molecule has 3 heteroatoms. The Kier molecular flexibility index (Phi) is 2.19. The van der Waals surface area contributed by atoms with E-state index in [-0.39, 0.29) is 0 Å². The van der Waals surface area contributed by atoms with E-state index in [1.807, 2.05) is 43.6 Å². The van der Waals surface area contributed by atoms with Gasteiger partial charge in [0.2, 0.25) is 0 Å². The predicted octanol–water partition coefficient (Wildman–Crippen LogP) is 1.77. The van der Waals surface area contributed by atoms with Gasteiger partial charge in [-0.25, -0.2) is 4.21 Å². The first kappa shape index (κ1) is 8.51. The molecule has 1 aliphatic heterocycles. The van der Waals surface area contributed by atoms with Gasteiger partial charge in [-0.3, -0.25) is 0 Å². The van der Waals surface area contributed by atoms with Gasteiger partial charge in [0, 0.05) is 13.2 Å². The lowest BCUT2D eigenvalue weighted by atomic mass is 10.1. The van der Waals surface area contributed by atoms with Crippen LogP contribution in [0.2, 0.25) is 0 Å². The Bertz CT molecular complexity index is 373. The molecular formula is C10H11NOS. The highest BCUT2D eigenvalue weighted by Crippen LogP contribution is 2.17. The molecule has 2 rings (SSSR count). The maximum Gasteiger partial charge on any atom is 0.123 e. The van der Waals surface area contributed by atoms with Gasteiger partial charge in [-0.15, -0.1) is 0 Å². The van der Waals surface area contributed by atoms with Gasteiger partial charge in [-0.1, -0.05) is 24.3 Å². The van der Waals surface area contributed by atoms with Gasteiger partial charge in [0.1, 0.15) is 11.0 Å². The SMILES string of the molecule is CN1C=Cc2ccccc2CS1=O. The number of hydrogen-bond donors (Lipinski definition) is 0. The van der Waals surface area contributed by atoms with E-state index in [9.17, 15) is 4.21 Å². The Labute approximate surface area is 80.5 Å². The number of benzene rings is 1. The maximum absolute atomic E-state index is 11.6. The second kappa shape index (κ2) is 3.34. The van der Waals surface area contributed by atoms with Crippen LogP contribution in [0.25, 0.3) is 6.08 Å². The van der Waals surface area contributed by atoms with Crippen molar-refractivity contribution in [1.82, 2.24) is 4.31 Å². The Morgan fingerprint density at radius 1 is 1.38 bits per heavy atom. The van der Waals surface area contributed by atoms with Crippen molar-refractivity contribution < 1.29 is 4.21 Å². The predicted molar refractivity (Wildman–Crippen MR) is 55.1 cm³/mol. The number of fused-ring (bicyclic) bond motifs is 1. The highest BCUT2D eigenvalue weighted by Gasteiger charge is 2.10. The van der Waals surface area contributed by atoms with Gasteiger partial charge >= 0.3 is 0 Å². The average Bonchev–Trinajstić information content (AvgIpc) is 2.28. The molecular weight excluding hydrogens is 182 g/mol. The molecule has 0 aliphatic carbocycles. The van der Waals surface area contributed by atoms with Crippen LogP contribution < -0.4 is 0 Å². The van der Waals surface area contributed by atoms with Crippen LogP contribution in [0.4, 0.5) is 0 Å². The fourth-order valence-electron chi connectivity index (χ4n) is 1.32. The molecule has 68 valence electrons. The van der Waals surface area contributed by atoms with E-state index in [1.54, 1.807) is 4.31 Å². The third-order valence-corrected chi connectivity index (χ3v) is 3.44. The molecule has 1 unspecified atom stereocenters. The summed E-state index contributed by atoms with van der Waals surface area (Å²) in [5.41, 5.74) is 2.32. The molecule has 0 aromatic heterocycles. The van der Waals surface area contributed by atoms with E-state index in [0.29, 0.717) is 5.75 Å². The molecule has 0 radical (unpaired) electrons. The number of hydrogen-bond acceptors (Lipinski definition) is 1. The second-order valence-corrected chi connectivity index (χ2v) is 4.53. The van der Waals surface area contributed by atoms with Crippen LogP contribution in [0, 0.1) is 0 Å². The van der Waals surface area contributed by atoms with Crippen LogP contribution in [-0.4, -0.2) is 15.6 Å². The third kappa shape index (κ3) is 1.65. The van der Waals surface area contributed by atoms with Gasteiger partial charge in [0.25, 0.3) is 0 Å². The van der Waals surface area contributed by atoms with Crippen LogP contribution in [0.5, 0.6) is 0 Å². The van der Waals surface area contributed by atoms with E-state index in [1.165, 1.54) is 5.56 Å². The molecule has 1 heterocycles. The van der Waals surface area contributed by atoms with Crippen molar-refractivity contribution in [2.24, 2.45) is 0 Å². The summed E-state index contributed by atoms with van der Waals surface area (Å²) in [5.74, 6) is 0.611. The van der Waals surface area contributed by atoms with Crippen molar-refractivity contribution in [3.05, 3.63) is 41.6 Å². The molecule has 13 heavy (non-hydrogen) atoms. The van der Waals surface area contributed by atoms with Crippen LogP contribution in [0.15, 0.2) is 30.5 Å².